The molecule has 0 spiro atoms. The van der Waals surface area contributed by atoms with E-state index in [2.05, 4.69) is 57.5 Å². The molecule has 2 aliphatic rings. The average Bonchev–Trinajstić information content (AvgIpc) is 3.04. The third-order valence-corrected chi connectivity index (χ3v) is 7.16. The lowest BCUT2D eigenvalue weighted by Gasteiger charge is -2.31. The van der Waals surface area contributed by atoms with Gasteiger partial charge in [-0.15, -0.1) is 9.24 Å². The lowest BCUT2D eigenvalue weighted by Crippen LogP contribution is -2.39. The fraction of sp³-hybridized carbons (Fsp3) is 0.458. The number of amides is 1. The molecule has 2 atom stereocenters. The van der Waals surface area contributed by atoms with Crippen LogP contribution in [0.25, 0.3) is 11.1 Å². The van der Waals surface area contributed by atoms with Crippen LogP contribution in [0.15, 0.2) is 36.4 Å². The van der Waals surface area contributed by atoms with Gasteiger partial charge in [-0.3, -0.25) is 4.79 Å². The van der Waals surface area contributed by atoms with Gasteiger partial charge in [0, 0.05) is 23.5 Å². The Morgan fingerprint density at radius 1 is 1.07 bits per heavy atom. The molecule has 1 saturated heterocycles. The van der Waals surface area contributed by atoms with Crippen LogP contribution < -0.4 is 5.30 Å². The van der Waals surface area contributed by atoms with Crippen LogP contribution >= 0.6 is 20.8 Å². The first-order valence-electron chi connectivity index (χ1n) is 10.5. The van der Waals surface area contributed by atoms with Gasteiger partial charge in [-0.05, 0) is 66.2 Å². The van der Waals surface area contributed by atoms with Crippen LogP contribution in [0.3, 0.4) is 0 Å². The summed E-state index contributed by atoms with van der Waals surface area (Å²) in [6, 6.07) is 13.2. The Labute approximate surface area is 175 Å². The van der Waals surface area contributed by atoms with Crippen LogP contribution in [-0.4, -0.2) is 23.4 Å². The Bertz CT molecular complexity index is 875. The summed E-state index contributed by atoms with van der Waals surface area (Å²) in [7, 11) is 2.74. The largest absolute Gasteiger partial charge is 0.339 e. The lowest BCUT2D eigenvalue weighted by atomic mass is 9.93. The van der Waals surface area contributed by atoms with E-state index in [1.54, 1.807) is 0 Å². The van der Waals surface area contributed by atoms with Crippen molar-refractivity contribution in [3.63, 3.8) is 0 Å². The summed E-state index contributed by atoms with van der Waals surface area (Å²) in [5, 5.41) is 1.96. The van der Waals surface area contributed by atoms with Gasteiger partial charge >= 0.3 is 0 Å². The molecule has 1 saturated carbocycles. The first-order chi connectivity index (χ1) is 13.5. The molecule has 2 aromatic carbocycles. The lowest BCUT2D eigenvalue weighted by molar-refractivity contribution is -0.133. The topological polar surface area (TPSA) is 20.3 Å². The molecular weight excluding hydrogens is 385 g/mol. The number of hydrogen-bond acceptors (Lipinski definition) is 1. The van der Waals surface area contributed by atoms with Crippen LogP contribution in [0, 0.1) is 12.8 Å². The first kappa shape index (κ1) is 19.9. The Kier molecular flexibility index (Phi) is 6.09. The van der Waals surface area contributed by atoms with E-state index < -0.39 is 0 Å². The highest BCUT2D eigenvalue weighted by Crippen LogP contribution is 2.33. The maximum Gasteiger partial charge on any atom is 0.226 e. The fourth-order valence-electron chi connectivity index (χ4n) is 4.86. The number of nitrogens with zero attached hydrogens (tertiary/aromatic N) is 1. The van der Waals surface area contributed by atoms with Gasteiger partial charge in [-0.25, -0.2) is 0 Å². The number of carbonyl (C=O) groups excluding carboxylic acids is 1. The van der Waals surface area contributed by atoms with Gasteiger partial charge < -0.3 is 4.90 Å². The van der Waals surface area contributed by atoms with Crippen molar-refractivity contribution in [3.8, 4) is 11.1 Å². The van der Waals surface area contributed by atoms with Gasteiger partial charge in [-0.2, -0.15) is 0 Å². The molecule has 0 radical (unpaired) electrons. The quantitative estimate of drug-likeness (QED) is 0.602. The molecule has 0 aromatic heterocycles. The van der Waals surface area contributed by atoms with Crippen LogP contribution in [0.4, 0.5) is 0 Å². The van der Waals surface area contributed by atoms with Crippen molar-refractivity contribution in [2.75, 3.05) is 6.54 Å². The Morgan fingerprint density at radius 2 is 1.86 bits per heavy atom. The van der Waals surface area contributed by atoms with E-state index in [-0.39, 0.29) is 5.92 Å². The molecule has 0 bridgehead atoms. The molecule has 4 rings (SSSR count). The SMILES string of the molecule is Cc1cc(P)ccc1-c1ccc(CC2CCN(C3CCCCC3)C2=O)c(Cl)c1. The number of likely N-dealkylation sites (tertiary alicyclic amines) is 1. The molecule has 2 aromatic rings. The van der Waals surface area contributed by atoms with Gasteiger partial charge in [-0.1, -0.05) is 61.2 Å². The summed E-state index contributed by atoms with van der Waals surface area (Å²) in [4.78, 5) is 15.1. The minimum absolute atomic E-state index is 0.0865. The molecule has 1 amide bonds. The minimum Gasteiger partial charge on any atom is -0.339 e. The maximum absolute atomic E-state index is 13.0. The summed E-state index contributed by atoms with van der Waals surface area (Å²) in [5.74, 6) is 0.433. The Morgan fingerprint density at radius 3 is 2.57 bits per heavy atom. The maximum atomic E-state index is 13.0. The van der Waals surface area contributed by atoms with E-state index in [0.717, 1.165) is 35.5 Å². The van der Waals surface area contributed by atoms with Crippen molar-refractivity contribution in [2.24, 2.45) is 5.92 Å². The molecular formula is C24H29ClNOP. The standard InChI is InChI=1S/C24H29ClNOP/c1-16-13-21(28)9-10-22(16)17-7-8-18(23(25)15-17)14-19-11-12-26(24(19)27)20-5-3-2-4-6-20/h7-10,13,15,19-20H,2-6,11-12,14,28H2,1H3. The number of rotatable bonds is 4. The van der Waals surface area contributed by atoms with Crippen molar-refractivity contribution < 1.29 is 4.79 Å². The molecule has 2 fully saturated rings. The molecule has 2 nitrogen and oxygen atoms in total. The second-order valence-corrected chi connectivity index (χ2v) is 9.47. The van der Waals surface area contributed by atoms with Crippen LogP contribution in [0.2, 0.25) is 5.02 Å². The van der Waals surface area contributed by atoms with Crippen LogP contribution in [0.1, 0.15) is 49.7 Å². The van der Waals surface area contributed by atoms with Gasteiger partial charge in [0.05, 0.1) is 0 Å². The predicted molar refractivity (Wildman–Crippen MR) is 121 cm³/mol. The van der Waals surface area contributed by atoms with E-state index >= 15 is 0 Å². The number of benzene rings is 2. The van der Waals surface area contributed by atoms with E-state index in [4.69, 9.17) is 11.6 Å². The van der Waals surface area contributed by atoms with E-state index in [0.29, 0.717) is 11.9 Å². The molecule has 148 valence electrons. The van der Waals surface area contributed by atoms with Crippen LogP contribution in [-0.2, 0) is 11.2 Å². The summed E-state index contributed by atoms with van der Waals surface area (Å²) >= 11 is 6.65. The minimum atomic E-state index is 0.0865. The normalized spacial score (nSPS) is 20.8. The molecule has 4 heteroatoms. The molecule has 0 N–H and O–H groups in total. The zero-order chi connectivity index (χ0) is 19.7. The summed E-state index contributed by atoms with van der Waals surface area (Å²) < 4.78 is 0. The zero-order valence-corrected chi connectivity index (χ0v) is 18.5. The van der Waals surface area contributed by atoms with Gasteiger partial charge in [0.1, 0.15) is 0 Å². The average molecular weight is 414 g/mol. The molecule has 1 aliphatic carbocycles. The predicted octanol–water partition coefficient (Wildman–Crippen LogP) is 5.54. The zero-order valence-electron chi connectivity index (χ0n) is 16.6. The number of hydrogen-bond donors (Lipinski definition) is 0. The second-order valence-electron chi connectivity index (χ2n) is 8.39. The van der Waals surface area contributed by atoms with E-state index in [1.807, 2.05) is 0 Å². The van der Waals surface area contributed by atoms with E-state index in [9.17, 15) is 4.79 Å². The van der Waals surface area contributed by atoms with Crippen molar-refractivity contribution in [1.82, 2.24) is 4.90 Å². The molecule has 1 heterocycles. The third-order valence-electron chi connectivity index (χ3n) is 6.45. The highest BCUT2D eigenvalue weighted by Gasteiger charge is 2.36. The van der Waals surface area contributed by atoms with Crippen molar-refractivity contribution >= 4 is 32.1 Å². The number of carbonyl (C=O) groups is 1. The van der Waals surface area contributed by atoms with Gasteiger partial charge in [0.2, 0.25) is 5.91 Å². The van der Waals surface area contributed by atoms with Gasteiger partial charge in [0.15, 0.2) is 0 Å². The Balaban J connectivity index is 1.47. The smallest absolute Gasteiger partial charge is 0.226 e. The molecule has 28 heavy (non-hydrogen) atoms. The summed E-state index contributed by atoms with van der Waals surface area (Å²) in [6.45, 7) is 3.05. The monoisotopic (exact) mass is 413 g/mol. The Hall–Kier alpha value is -1.37. The third kappa shape index (κ3) is 4.14. The fourth-order valence-corrected chi connectivity index (χ4v) is 5.47. The van der Waals surface area contributed by atoms with Gasteiger partial charge in [0.25, 0.3) is 0 Å². The number of halogens is 1. The summed E-state index contributed by atoms with van der Waals surface area (Å²) in [5.41, 5.74) is 4.68. The first-order valence-corrected chi connectivity index (χ1v) is 11.4. The van der Waals surface area contributed by atoms with Crippen molar-refractivity contribution in [2.45, 2.75) is 57.9 Å². The number of aryl methyl sites for hydroxylation is 1. The van der Waals surface area contributed by atoms with Crippen molar-refractivity contribution in [1.29, 1.82) is 0 Å². The highest BCUT2D eigenvalue weighted by atomic mass is 35.5. The molecule has 2 unspecified atom stereocenters. The van der Waals surface area contributed by atoms with Crippen molar-refractivity contribution in [3.05, 3.63) is 52.5 Å². The second kappa shape index (κ2) is 8.56. The van der Waals surface area contributed by atoms with Crippen LogP contribution in [0.5, 0.6) is 0 Å². The highest BCUT2D eigenvalue weighted by molar-refractivity contribution is 7.27. The van der Waals surface area contributed by atoms with E-state index in [1.165, 1.54) is 48.5 Å². The summed E-state index contributed by atoms with van der Waals surface area (Å²) in [6.07, 6.45) is 7.94. The molecule has 1 aliphatic heterocycles.